The maximum absolute atomic E-state index is 12.0. The molecule has 0 spiro atoms. The van der Waals surface area contributed by atoms with Crippen LogP contribution in [-0.4, -0.2) is 49.6 Å². The van der Waals surface area contributed by atoms with Crippen LogP contribution in [0.4, 0.5) is 0 Å². The fourth-order valence-corrected chi connectivity index (χ4v) is 3.51. The SMILES string of the molecule is CCOC(=O)c1ccc(-c2cc(OC)c(-c3ccc(C(=O)OCC)c(O)c3)cc2OC)cc1O. The Labute approximate surface area is 197 Å². The third-order valence-corrected chi connectivity index (χ3v) is 5.13. The van der Waals surface area contributed by atoms with Gasteiger partial charge in [0.05, 0.1) is 27.4 Å². The highest BCUT2D eigenvalue weighted by Crippen LogP contribution is 2.42. The molecule has 178 valence electrons. The Bertz CT molecular complexity index is 1120. The quantitative estimate of drug-likeness (QED) is 0.455. The number of hydrogen-bond donors (Lipinski definition) is 2. The van der Waals surface area contributed by atoms with Gasteiger partial charge in [0.15, 0.2) is 0 Å². The molecule has 8 heteroatoms. The standard InChI is InChI=1S/C26H26O8/c1-5-33-25(29)17-9-7-15(11-21(17)27)19-13-24(32-4)20(14-23(19)31-3)16-8-10-18(22(28)12-16)26(30)34-6-2/h7-14,27-28H,5-6H2,1-4H3. The number of phenols is 2. The van der Waals surface area contributed by atoms with Gasteiger partial charge in [0.2, 0.25) is 0 Å². The minimum absolute atomic E-state index is 0.0605. The molecule has 0 bridgehead atoms. The first-order valence-electron chi connectivity index (χ1n) is 10.6. The molecule has 0 aromatic heterocycles. The second kappa shape index (κ2) is 10.6. The number of phenolic OH excluding ortho intramolecular Hbond substituents is 2. The lowest BCUT2D eigenvalue weighted by atomic mass is 9.96. The van der Waals surface area contributed by atoms with Gasteiger partial charge < -0.3 is 29.2 Å². The number of rotatable bonds is 8. The molecule has 0 fully saturated rings. The summed E-state index contributed by atoms with van der Waals surface area (Å²) < 4.78 is 21.1. The molecular weight excluding hydrogens is 440 g/mol. The van der Waals surface area contributed by atoms with E-state index in [1.54, 1.807) is 38.1 Å². The summed E-state index contributed by atoms with van der Waals surface area (Å²) in [4.78, 5) is 24.0. The van der Waals surface area contributed by atoms with Gasteiger partial charge in [0.1, 0.15) is 34.1 Å². The molecule has 0 atom stereocenters. The molecule has 8 nitrogen and oxygen atoms in total. The third kappa shape index (κ3) is 4.91. The molecule has 3 aromatic carbocycles. The van der Waals surface area contributed by atoms with Crippen molar-refractivity contribution in [2.24, 2.45) is 0 Å². The fourth-order valence-electron chi connectivity index (χ4n) is 3.51. The Balaban J connectivity index is 2.07. The molecule has 0 radical (unpaired) electrons. The van der Waals surface area contributed by atoms with Crippen molar-refractivity contribution in [1.29, 1.82) is 0 Å². The van der Waals surface area contributed by atoms with Gasteiger partial charge in [-0.15, -0.1) is 0 Å². The number of hydrogen-bond acceptors (Lipinski definition) is 8. The van der Waals surface area contributed by atoms with Gasteiger partial charge in [0.25, 0.3) is 0 Å². The lowest BCUT2D eigenvalue weighted by Gasteiger charge is -2.16. The fraction of sp³-hybridized carbons (Fsp3) is 0.231. The highest BCUT2D eigenvalue weighted by molar-refractivity contribution is 5.95. The zero-order valence-electron chi connectivity index (χ0n) is 19.4. The van der Waals surface area contributed by atoms with Gasteiger partial charge in [-0.3, -0.25) is 0 Å². The van der Waals surface area contributed by atoms with Gasteiger partial charge in [-0.2, -0.15) is 0 Å². The largest absolute Gasteiger partial charge is 0.507 e. The molecule has 0 aliphatic heterocycles. The monoisotopic (exact) mass is 466 g/mol. The van der Waals surface area contributed by atoms with Crippen LogP contribution >= 0.6 is 0 Å². The minimum atomic E-state index is -0.613. The molecule has 3 rings (SSSR count). The van der Waals surface area contributed by atoms with Gasteiger partial charge >= 0.3 is 11.9 Å². The average Bonchev–Trinajstić information content (AvgIpc) is 2.83. The molecule has 0 unspecified atom stereocenters. The Hall–Kier alpha value is -4.20. The molecule has 0 saturated heterocycles. The summed E-state index contributed by atoms with van der Waals surface area (Å²) in [5.41, 5.74) is 2.53. The van der Waals surface area contributed by atoms with Crippen molar-refractivity contribution in [3.8, 4) is 45.3 Å². The zero-order chi connectivity index (χ0) is 24.8. The van der Waals surface area contributed by atoms with Crippen LogP contribution in [0.3, 0.4) is 0 Å². The molecule has 2 N–H and O–H groups in total. The second-order valence-corrected chi connectivity index (χ2v) is 7.16. The van der Waals surface area contributed by atoms with Crippen LogP contribution < -0.4 is 9.47 Å². The highest BCUT2D eigenvalue weighted by atomic mass is 16.5. The van der Waals surface area contributed by atoms with E-state index in [1.165, 1.54) is 38.5 Å². The van der Waals surface area contributed by atoms with E-state index >= 15 is 0 Å². The molecule has 0 aliphatic rings. The highest BCUT2D eigenvalue weighted by Gasteiger charge is 2.19. The van der Waals surface area contributed by atoms with E-state index in [0.29, 0.717) is 33.8 Å². The predicted octanol–water partition coefficient (Wildman–Crippen LogP) is 4.80. The van der Waals surface area contributed by atoms with Crippen LogP contribution in [0.25, 0.3) is 22.3 Å². The first-order valence-corrected chi connectivity index (χ1v) is 10.6. The van der Waals surface area contributed by atoms with Crippen molar-refractivity contribution < 1.29 is 38.7 Å². The molecule has 3 aromatic rings. The lowest BCUT2D eigenvalue weighted by molar-refractivity contribution is 0.0513. The summed E-state index contributed by atoms with van der Waals surface area (Å²) in [5, 5.41) is 20.7. The number of carbonyl (C=O) groups is 2. The predicted molar refractivity (Wildman–Crippen MR) is 126 cm³/mol. The Kier molecular flexibility index (Phi) is 7.63. The van der Waals surface area contributed by atoms with Crippen LogP contribution in [0.2, 0.25) is 0 Å². The van der Waals surface area contributed by atoms with E-state index in [4.69, 9.17) is 18.9 Å². The van der Waals surface area contributed by atoms with E-state index in [-0.39, 0.29) is 35.8 Å². The number of methoxy groups -OCH3 is 2. The van der Waals surface area contributed by atoms with Gasteiger partial charge in [0, 0.05) is 11.1 Å². The maximum Gasteiger partial charge on any atom is 0.341 e. The van der Waals surface area contributed by atoms with Crippen molar-refractivity contribution in [3.63, 3.8) is 0 Å². The molecule has 0 saturated carbocycles. The summed E-state index contributed by atoms with van der Waals surface area (Å²) in [6.07, 6.45) is 0. The van der Waals surface area contributed by atoms with Crippen LogP contribution in [0.5, 0.6) is 23.0 Å². The van der Waals surface area contributed by atoms with E-state index in [9.17, 15) is 19.8 Å². The summed E-state index contributed by atoms with van der Waals surface area (Å²) in [6, 6.07) is 12.6. The topological polar surface area (TPSA) is 112 Å². The third-order valence-electron chi connectivity index (χ3n) is 5.13. The second-order valence-electron chi connectivity index (χ2n) is 7.16. The Morgan fingerprint density at radius 1 is 0.676 bits per heavy atom. The van der Waals surface area contributed by atoms with Crippen LogP contribution in [0.15, 0.2) is 48.5 Å². The van der Waals surface area contributed by atoms with Crippen molar-refractivity contribution in [2.75, 3.05) is 27.4 Å². The van der Waals surface area contributed by atoms with Crippen molar-refractivity contribution in [3.05, 3.63) is 59.7 Å². The van der Waals surface area contributed by atoms with Crippen LogP contribution in [0.1, 0.15) is 34.6 Å². The number of esters is 2. The van der Waals surface area contributed by atoms with Crippen LogP contribution in [0, 0.1) is 0 Å². The summed E-state index contributed by atoms with van der Waals surface area (Å²) in [7, 11) is 3.01. The zero-order valence-corrected chi connectivity index (χ0v) is 19.4. The summed E-state index contributed by atoms with van der Waals surface area (Å²) >= 11 is 0. The molecule has 0 amide bonds. The molecule has 0 aliphatic carbocycles. The van der Waals surface area contributed by atoms with E-state index in [1.807, 2.05) is 0 Å². The van der Waals surface area contributed by atoms with E-state index in [2.05, 4.69) is 0 Å². The summed E-state index contributed by atoms with van der Waals surface area (Å²) in [5.74, 6) is -0.739. The molecule has 0 heterocycles. The normalized spacial score (nSPS) is 10.5. The number of aromatic hydroxyl groups is 2. The maximum atomic E-state index is 12.0. The van der Waals surface area contributed by atoms with Gasteiger partial charge in [-0.05, 0) is 61.4 Å². The number of benzene rings is 3. The number of carbonyl (C=O) groups excluding carboxylic acids is 2. The van der Waals surface area contributed by atoms with Crippen molar-refractivity contribution in [2.45, 2.75) is 13.8 Å². The van der Waals surface area contributed by atoms with Crippen molar-refractivity contribution >= 4 is 11.9 Å². The van der Waals surface area contributed by atoms with Gasteiger partial charge in [-0.1, -0.05) is 12.1 Å². The average molecular weight is 466 g/mol. The number of ether oxygens (including phenoxy) is 4. The van der Waals surface area contributed by atoms with Crippen LogP contribution in [-0.2, 0) is 9.47 Å². The van der Waals surface area contributed by atoms with E-state index < -0.39 is 11.9 Å². The van der Waals surface area contributed by atoms with E-state index in [0.717, 1.165) is 0 Å². The van der Waals surface area contributed by atoms with Gasteiger partial charge in [-0.25, -0.2) is 9.59 Å². The minimum Gasteiger partial charge on any atom is -0.507 e. The first kappa shape index (κ1) is 24.4. The smallest absolute Gasteiger partial charge is 0.341 e. The lowest BCUT2D eigenvalue weighted by Crippen LogP contribution is -2.05. The van der Waals surface area contributed by atoms with Crippen molar-refractivity contribution in [1.82, 2.24) is 0 Å². The summed E-state index contributed by atoms with van der Waals surface area (Å²) in [6.45, 7) is 3.77. The molecule has 34 heavy (non-hydrogen) atoms. The Morgan fingerprint density at radius 2 is 1.06 bits per heavy atom. The first-order chi connectivity index (χ1) is 16.3. The Morgan fingerprint density at radius 3 is 1.35 bits per heavy atom. The molecular formula is C26H26O8.